The molecule has 3 aromatic rings. The first-order valence-corrected chi connectivity index (χ1v) is 7.86. The molecule has 0 aliphatic heterocycles. The zero-order valence-corrected chi connectivity index (χ0v) is 13.5. The van der Waals surface area contributed by atoms with Crippen molar-refractivity contribution in [3.05, 3.63) is 40.4 Å². The Hall–Kier alpha value is -1.65. The Morgan fingerprint density at radius 2 is 2.10 bits per heavy atom. The van der Waals surface area contributed by atoms with Crippen LogP contribution in [-0.2, 0) is 0 Å². The average molecular weight is 318 g/mol. The summed E-state index contributed by atoms with van der Waals surface area (Å²) in [5.41, 5.74) is 2.70. The Kier molecular flexibility index (Phi) is 3.83. The van der Waals surface area contributed by atoms with E-state index in [1.165, 1.54) is 0 Å². The van der Waals surface area contributed by atoms with Crippen LogP contribution in [0.5, 0.6) is 5.75 Å². The molecule has 21 heavy (non-hydrogen) atoms. The first-order chi connectivity index (χ1) is 10.1. The molecule has 0 N–H and O–H groups in total. The highest BCUT2D eigenvalue weighted by atomic mass is 35.5. The van der Waals surface area contributed by atoms with Crippen LogP contribution in [0.1, 0.15) is 25.5 Å². The molecule has 0 bridgehead atoms. The second kappa shape index (κ2) is 5.62. The minimum absolute atomic E-state index is 0.415. The molecule has 1 aromatic carbocycles. The molecule has 0 saturated carbocycles. The molecule has 3 rings (SSSR count). The number of pyridine rings is 1. The van der Waals surface area contributed by atoms with Crippen molar-refractivity contribution in [1.82, 2.24) is 9.97 Å². The molecule has 0 spiro atoms. The number of fused-ring (bicyclic) bond motifs is 1. The Bertz CT molecular complexity index is 798. The van der Waals surface area contributed by atoms with E-state index < -0.39 is 0 Å². The van der Waals surface area contributed by atoms with Crippen LogP contribution in [-0.4, -0.2) is 17.1 Å². The summed E-state index contributed by atoms with van der Waals surface area (Å²) in [4.78, 5) is 9.25. The van der Waals surface area contributed by atoms with E-state index in [0.717, 1.165) is 27.3 Å². The molecule has 0 aliphatic rings. The number of hydrogen-bond donors (Lipinski definition) is 0. The predicted molar refractivity (Wildman–Crippen MR) is 87.3 cm³/mol. The maximum Gasteiger partial charge on any atom is 0.142 e. The van der Waals surface area contributed by atoms with Crippen molar-refractivity contribution < 1.29 is 4.74 Å². The summed E-state index contributed by atoms with van der Waals surface area (Å²) in [6, 6.07) is 8.72. The van der Waals surface area contributed by atoms with Gasteiger partial charge in [0.25, 0.3) is 0 Å². The van der Waals surface area contributed by atoms with Gasteiger partial charge < -0.3 is 4.74 Å². The molecule has 0 fully saturated rings. The summed E-state index contributed by atoms with van der Waals surface area (Å²) in [7, 11) is 1.60. The molecule has 2 aromatic heterocycles. The number of ether oxygens (including phenoxy) is 1. The summed E-state index contributed by atoms with van der Waals surface area (Å²) in [5, 5.41) is 4.40. The van der Waals surface area contributed by atoms with E-state index in [1.54, 1.807) is 24.5 Å². The van der Waals surface area contributed by atoms with Crippen molar-refractivity contribution in [2.75, 3.05) is 7.11 Å². The standard InChI is InChI=1S/C16H14ClN2OS/c1-9(2)14-8-21-16(19-14)12-5-4-10-6-15(20-3)11(17)7-13(10)18-12/h5-9H,1-3H3. The Morgan fingerprint density at radius 1 is 1.29 bits per heavy atom. The zero-order chi connectivity index (χ0) is 15.0. The normalized spacial score (nSPS) is 11.3. The van der Waals surface area contributed by atoms with E-state index >= 15 is 0 Å². The SMILES string of the molecule is COc1cc2[c]cc(-c3nc(C(C)C)cs3)nc2cc1Cl. The number of thiazole rings is 1. The highest BCUT2D eigenvalue weighted by Crippen LogP contribution is 2.31. The van der Waals surface area contributed by atoms with Gasteiger partial charge in [-0.3, -0.25) is 0 Å². The number of methoxy groups -OCH3 is 1. The molecule has 2 heterocycles. The lowest BCUT2D eigenvalue weighted by Crippen LogP contribution is -1.90. The summed E-state index contributed by atoms with van der Waals surface area (Å²) in [5.74, 6) is 1.05. The third-order valence-corrected chi connectivity index (χ3v) is 4.39. The van der Waals surface area contributed by atoms with Crippen molar-refractivity contribution in [2.45, 2.75) is 19.8 Å². The third kappa shape index (κ3) is 2.74. The molecule has 5 heteroatoms. The molecule has 107 valence electrons. The van der Waals surface area contributed by atoms with Gasteiger partial charge in [0.05, 0.1) is 23.3 Å². The Balaban J connectivity index is 2.07. The van der Waals surface area contributed by atoms with Crippen LogP contribution in [0.15, 0.2) is 23.6 Å². The highest BCUT2D eigenvalue weighted by Gasteiger charge is 2.11. The maximum atomic E-state index is 6.16. The van der Waals surface area contributed by atoms with Crippen LogP contribution in [0.2, 0.25) is 5.02 Å². The van der Waals surface area contributed by atoms with Crippen LogP contribution in [0, 0.1) is 6.07 Å². The topological polar surface area (TPSA) is 35.0 Å². The molecule has 0 unspecified atom stereocenters. The number of aromatic nitrogens is 2. The van der Waals surface area contributed by atoms with Gasteiger partial charge in [-0.05, 0) is 30.2 Å². The molecule has 0 atom stereocenters. The minimum Gasteiger partial charge on any atom is -0.495 e. The number of rotatable bonds is 3. The van der Waals surface area contributed by atoms with Crippen molar-refractivity contribution in [3.8, 4) is 16.5 Å². The fraction of sp³-hybridized carbons (Fsp3) is 0.250. The first kappa shape index (κ1) is 14.3. The zero-order valence-electron chi connectivity index (χ0n) is 12.0. The van der Waals surface area contributed by atoms with E-state index in [9.17, 15) is 0 Å². The van der Waals surface area contributed by atoms with Crippen LogP contribution in [0.3, 0.4) is 0 Å². The van der Waals surface area contributed by atoms with Crippen molar-refractivity contribution in [2.24, 2.45) is 0 Å². The largest absolute Gasteiger partial charge is 0.495 e. The fourth-order valence-corrected chi connectivity index (χ4v) is 3.17. The molecule has 0 amide bonds. The van der Waals surface area contributed by atoms with Gasteiger partial charge in [-0.1, -0.05) is 25.4 Å². The van der Waals surface area contributed by atoms with Crippen molar-refractivity contribution >= 4 is 33.8 Å². The van der Waals surface area contributed by atoms with Gasteiger partial charge in [0.2, 0.25) is 0 Å². The molecular formula is C16H14ClN2OS. The van der Waals surface area contributed by atoms with Crippen molar-refractivity contribution in [3.63, 3.8) is 0 Å². The molecular weight excluding hydrogens is 304 g/mol. The Morgan fingerprint density at radius 3 is 2.76 bits per heavy atom. The second-order valence-corrected chi connectivity index (χ2v) is 6.29. The van der Waals surface area contributed by atoms with E-state index in [0.29, 0.717) is 16.7 Å². The summed E-state index contributed by atoms with van der Waals surface area (Å²) in [6.07, 6.45) is 0. The van der Waals surface area contributed by atoms with Gasteiger partial charge in [-0.25, -0.2) is 9.97 Å². The number of hydrogen-bond acceptors (Lipinski definition) is 4. The highest BCUT2D eigenvalue weighted by molar-refractivity contribution is 7.13. The van der Waals surface area contributed by atoms with Gasteiger partial charge in [-0.15, -0.1) is 11.3 Å². The van der Waals surface area contributed by atoms with E-state index in [2.05, 4.69) is 35.3 Å². The third-order valence-electron chi connectivity index (χ3n) is 3.21. The van der Waals surface area contributed by atoms with Gasteiger partial charge >= 0.3 is 0 Å². The molecule has 3 nitrogen and oxygen atoms in total. The molecule has 1 radical (unpaired) electrons. The quantitative estimate of drug-likeness (QED) is 0.686. The van der Waals surface area contributed by atoms with Gasteiger partial charge in [0.1, 0.15) is 16.5 Å². The molecule has 0 saturated heterocycles. The molecule has 0 aliphatic carbocycles. The summed E-state index contributed by atoms with van der Waals surface area (Å²) in [6.45, 7) is 4.26. The van der Waals surface area contributed by atoms with E-state index in [1.807, 2.05) is 12.1 Å². The minimum atomic E-state index is 0.415. The van der Waals surface area contributed by atoms with Crippen LogP contribution < -0.4 is 4.74 Å². The lowest BCUT2D eigenvalue weighted by atomic mass is 10.1. The van der Waals surface area contributed by atoms with Gasteiger partial charge in [0.15, 0.2) is 0 Å². The van der Waals surface area contributed by atoms with E-state index in [-0.39, 0.29) is 0 Å². The predicted octanol–water partition coefficient (Wildman–Crippen LogP) is 4.94. The van der Waals surface area contributed by atoms with Crippen LogP contribution in [0.4, 0.5) is 0 Å². The lowest BCUT2D eigenvalue weighted by molar-refractivity contribution is 0.415. The average Bonchev–Trinajstić information content (AvgIpc) is 2.96. The monoisotopic (exact) mass is 317 g/mol. The smallest absolute Gasteiger partial charge is 0.142 e. The van der Waals surface area contributed by atoms with E-state index in [4.69, 9.17) is 16.3 Å². The number of benzene rings is 1. The fourth-order valence-electron chi connectivity index (χ4n) is 1.99. The Labute approximate surface area is 132 Å². The first-order valence-electron chi connectivity index (χ1n) is 6.60. The van der Waals surface area contributed by atoms with Crippen LogP contribution in [0.25, 0.3) is 21.6 Å². The second-order valence-electron chi connectivity index (χ2n) is 5.02. The van der Waals surface area contributed by atoms with Crippen molar-refractivity contribution in [1.29, 1.82) is 0 Å². The maximum absolute atomic E-state index is 6.16. The lowest BCUT2D eigenvalue weighted by Gasteiger charge is -2.05. The van der Waals surface area contributed by atoms with Crippen LogP contribution >= 0.6 is 22.9 Å². The van der Waals surface area contributed by atoms with Gasteiger partial charge in [0, 0.05) is 10.8 Å². The summed E-state index contributed by atoms with van der Waals surface area (Å²) < 4.78 is 5.21. The van der Waals surface area contributed by atoms with Gasteiger partial charge in [-0.2, -0.15) is 0 Å². The summed E-state index contributed by atoms with van der Waals surface area (Å²) >= 11 is 7.76. The number of halogens is 1. The number of nitrogens with zero attached hydrogens (tertiary/aromatic N) is 2.